The van der Waals surface area contributed by atoms with Gasteiger partial charge in [-0.1, -0.05) is 18.2 Å². The number of pyridine rings is 1. The van der Waals surface area contributed by atoms with Crippen LogP contribution in [0.2, 0.25) is 0 Å². The van der Waals surface area contributed by atoms with Gasteiger partial charge in [-0.2, -0.15) is 0 Å². The number of fused-ring (bicyclic) bond motifs is 2. The van der Waals surface area contributed by atoms with Crippen molar-refractivity contribution in [1.82, 2.24) is 19.9 Å². The Morgan fingerprint density at radius 2 is 1.88 bits per heavy atom. The lowest BCUT2D eigenvalue weighted by Crippen LogP contribution is -2.33. The van der Waals surface area contributed by atoms with E-state index in [0.717, 1.165) is 29.4 Å². The first-order chi connectivity index (χ1) is 12.8. The van der Waals surface area contributed by atoms with E-state index in [0.29, 0.717) is 24.6 Å². The van der Waals surface area contributed by atoms with Gasteiger partial charge in [-0.05, 0) is 37.0 Å². The minimum atomic E-state index is 0.0528. The molecule has 5 rings (SSSR count). The van der Waals surface area contributed by atoms with Crippen molar-refractivity contribution < 1.29 is 4.79 Å². The normalized spacial score (nSPS) is 17.0. The lowest BCUT2D eigenvalue weighted by molar-refractivity contribution is 0.0762. The Bertz CT molecular complexity index is 996. The zero-order chi connectivity index (χ0) is 17.5. The highest BCUT2D eigenvalue weighted by Gasteiger charge is 2.30. The van der Waals surface area contributed by atoms with Crippen LogP contribution in [0.4, 0.5) is 0 Å². The van der Waals surface area contributed by atoms with Gasteiger partial charge in [0.15, 0.2) is 0 Å². The first-order valence-corrected chi connectivity index (χ1v) is 9.26. The number of amides is 1. The van der Waals surface area contributed by atoms with Crippen LogP contribution in [0.15, 0.2) is 42.9 Å². The van der Waals surface area contributed by atoms with Crippen molar-refractivity contribution >= 4 is 16.8 Å². The summed E-state index contributed by atoms with van der Waals surface area (Å²) < 4.78 is 0. The second-order valence-corrected chi connectivity index (χ2v) is 7.17. The highest BCUT2D eigenvalue weighted by atomic mass is 16.2. The first-order valence-electron chi connectivity index (χ1n) is 9.26. The van der Waals surface area contributed by atoms with Crippen molar-refractivity contribution in [3.05, 3.63) is 65.4 Å². The number of aromatic nitrogens is 3. The molecule has 1 aromatic carbocycles. The van der Waals surface area contributed by atoms with E-state index in [1.807, 2.05) is 35.2 Å². The number of nitrogens with zero attached hydrogens (tertiary/aromatic N) is 4. The van der Waals surface area contributed by atoms with Crippen LogP contribution in [0.5, 0.6) is 0 Å². The molecule has 2 aliphatic rings. The van der Waals surface area contributed by atoms with E-state index in [-0.39, 0.29) is 5.91 Å². The molecule has 3 aromatic rings. The summed E-state index contributed by atoms with van der Waals surface area (Å²) in [4.78, 5) is 28.4. The molecule has 0 N–H and O–H groups in total. The zero-order valence-corrected chi connectivity index (χ0v) is 14.6. The van der Waals surface area contributed by atoms with Crippen molar-refractivity contribution in [2.75, 3.05) is 13.1 Å². The van der Waals surface area contributed by atoms with Gasteiger partial charge < -0.3 is 4.90 Å². The van der Waals surface area contributed by atoms with E-state index in [9.17, 15) is 4.79 Å². The third kappa shape index (κ3) is 2.73. The molecule has 5 nitrogen and oxygen atoms in total. The van der Waals surface area contributed by atoms with E-state index in [4.69, 9.17) is 0 Å². The van der Waals surface area contributed by atoms with Gasteiger partial charge in [-0.3, -0.25) is 9.78 Å². The van der Waals surface area contributed by atoms with Gasteiger partial charge in [-0.25, -0.2) is 9.97 Å². The topological polar surface area (TPSA) is 59.0 Å². The second-order valence-electron chi connectivity index (χ2n) is 7.17. The van der Waals surface area contributed by atoms with Gasteiger partial charge in [-0.15, -0.1) is 0 Å². The Morgan fingerprint density at radius 3 is 2.77 bits per heavy atom. The molecule has 2 aromatic heterocycles. The maximum atomic E-state index is 13.0. The average Bonchev–Trinajstić information content (AvgIpc) is 3.53. The summed E-state index contributed by atoms with van der Waals surface area (Å²) in [5.41, 5.74) is 5.19. The average molecular weight is 344 g/mol. The monoisotopic (exact) mass is 344 g/mol. The van der Waals surface area contributed by atoms with E-state index in [1.165, 1.54) is 24.1 Å². The minimum absolute atomic E-state index is 0.0528. The molecule has 3 heterocycles. The second kappa shape index (κ2) is 6.16. The molecule has 1 fully saturated rings. The lowest BCUT2D eigenvalue weighted by Gasteiger charge is -2.20. The molecule has 130 valence electrons. The summed E-state index contributed by atoms with van der Waals surface area (Å²) in [5.74, 6) is 0.663. The van der Waals surface area contributed by atoms with E-state index in [1.54, 1.807) is 12.5 Å². The molecular weight excluding hydrogens is 324 g/mol. The number of benzene rings is 1. The zero-order valence-electron chi connectivity index (χ0n) is 14.6. The van der Waals surface area contributed by atoms with Crippen molar-refractivity contribution in [3.8, 4) is 0 Å². The number of hydrogen-bond acceptors (Lipinski definition) is 4. The molecule has 5 heteroatoms. The molecule has 0 saturated heterocycles. The quantitative estimate of drug-likeness (QED) is 0.716. The first kappa shape index (κ1) is 15.4. The summed E-state index contributed by atoms with van der Waals surface area (Å²) in [6.45, 7) is 1.41. The molecule has 0 unspecified atom stereocenters. The third-order valence-corrected chi connectivity index (χ3v) is 5.41. The van der Waals surface area contributed by atoms with Crippen molar-refractivity contribution in [1.29, 1.82) is 0 Å². The Hall–Kier alpha value is -2.82. The molecule has 1 aliphatic carbocycles. The highest BCUT2D eigenvalue weighted by Crippen LogP contribution is 2.41. The van der Waals surface area contributed by atoms with Crippen molar-refractivity contribution in [2.24, 2.45) is 0 Å². The molecule has 0 atom stereocenters. The third-order valence-electron chi connectivity index (χ3n) is 5.41. The molecular formula is C21H20N4O. The number of carbonyl (C=O) groups excluding carboxylic acids is 1. The summed E-state index contributed by atoms with van der Waals surface area (Å²) in [5, 5.41) is 0.998. The highest BCUT2D eigenvalue weighted by molar-refractivity contribution is 5.97. The number of hydrogen-bond donors (Lipinski definition) is 0. The predicted octanol–water partition coefficient (Wildman–Crippen LogP) is 3.14. The molecule has 1 amide bonds. The van der Waals surface area contributed by atoms with E-state index < -0.39 is 0 Å². The van der Waals surface area contributed by atoms with Crippen LogP contribution < -0.4 is 0 Å². The van der Waals surface area contributed by atoms with Gasteiger partial charge >= 0.3 is 0 Å². The summed E-state index contributed by atoms with van der Waals surface area (Å²) in [7, 11) is 0. The smallest absolute Gasteiger partial charge is 0.255 e. The SMILES string of the molecule is O=C(c1cnc2ccccc2c1)N1CCc2ncnc(C3CC3)c2CC1. The molecule has 0 radical (unpaired) electrons. The van der Waals surface area contributed by atoms with Gasteiger partial charge in [0.05, 0.1) is 16.8 Å². The maximum absolute atomic E-state index is 13.0. The number of rotatable bonds is 2. The summed E-state index contributed by atoms with van der Waals surface area (Å²) >= 11 is 0. The number of para-hydroxylation sites is 1. The summed E-state index contributed by atoms with van der Waals surface area (Å²) in [6, 6.07) is 9.83. The molecule has 1 aliphatic heterocycles. The van der Waals surface area contributed by atoms with Crippen LogP contribution in [0.1, 0.15) is 46.1 Å². The molecule has 0 spiro atoms. The van der Waals surface area contributed by atoms with Crippen LogP contribution in [-0.4, -0.2) is 38.8 Å². The van der Waals surface area contributed by atoms with Crippen molar-refractivity contribution in [3.63, 3.8) is 0 Å². The minimum Gasteiger partial charge on any atom is -0.338 e. The van der Waals surface area contributed by atoms with Crippen molar-refractivity contribution in [2.45, 2.75) is 31.6 Å². The molecule has 1 saturated carbocycles. The molecule has 0 bridgehead atoms. The van der Waals surface area contributed by atoms with Crippen LogP contribution in [0.25, 0.3) is 10.9 Å². The largest absolute Gasteiger partial charge is 0.338 e. The van der Waals surface area contributed by atoms with Gasteiger partial charge in [0, 0.05) is 42.7 Å². The van der Waals surface area contributed by atoms with Gasteiger partial charge in [0.1, 0.15) is 6.33 Å². The predicted molar refractivity (Wildman–Crippen MR) is 99.1 cm³/mol. The Kier molecular flexibility index (Phi) is 3.66. The van der Waals surface area contributed by atoms with Crippen LogP contribution in [0.3, 0.4) is 0 Å². The Labute approximate surface area is 152 Å². The fourth-order valence-corrected chi connectivity index (χ4v) is 3.83. The Morgan fingerprint density at radius 1 is 1.04 bits per heavy atom. The lowest BCUT2D eigenvalue weighted by atomic mass is 10.0. The van der Waals surface area contributed by atoms with E-state index in [2.05, 4.69) is 15.0 Å². The fraction of sp³-hybridized carbons (Fsp3) is 0.333. The maximum Gasteiger partial charge on any atom is 0.255 e. The van der Waals surface area contributed by atoms with Gasteiger partial charge in [0.2, 0.25) is 0 Å². The Balaban J connectivity index is 1.40. The van der Waals surface area contributed by atoms with Gasteiger partial charge in [0.25, 0.3) is 5.91 Å². The molecule has 26 heavy (non-hydrogen) atoms. The van der Waals surface area contributed by atoms with E-state index >= 15 is 0 Å². The van der Waals surface area contributed by atoms with Crippen LogP contribution in [0, 0.1) is 0 Å². The van der Waals surface area contributed by atoms with Crippen LogP contribution >= 0.6 is 0 Å². The fourth-order valence-electron chi connectivity index (χ4n) is 3.83. The summed E-state index contributed by atoms with van der Waals surface area (Å²) in [6.07, 6.45) is 7.48. The number of carbonyl (C=O) groups is 1. The van der Waals surface area contributed by atoms with Crippen LogP contribution in [-0.2, 0) is 12.8 Å². The standard InChI is InChI=1S/C21H20N4O/c26-21(16-11-15-3-1-2-4-18(15)22-12-16)25-9-7-17-19(8-10-25)23-13-24-20(17)14-5-6-14/h1-4,11-14H,5-10H2.